The lowest BCUT2D eigenvalue weighted by Crippen LogP contribution is -2.02. The van der Waals surface area contributed by atoms with Crippen molar-refractivity contribution in [3.05, 3.63) is 140 Å². The Hall–Kier alpha value is -6.26. The predicted molar refractivity (Wildman–Crippen MR) is 189 cm³/mol. The Balaban J connectivity index is 1.24. The zero-order valence-electron chi connectivity index (χ0n) is 24.5. The van der Waals surface area contributed by atoms with Gasteiger partial charge in [-0.25, -0.2) is 9.97 Å². The van der Waals surface area contributed by atoms with E-state index in [1.807, 2.05) is 24.3 Å². The smallest absolute Gasteiger partial charge is 0.165 e. The number of hydrogen-bond donors (Lipinski definition) is 0. The number of fused-ring (bicyclic) bond motifs is 14. The molecule has 11 rings (SSSR count). The van der Waals surface area contributed by atoms with Gasteiger partial charge in [0.05, 0.1) is 22.1 Å². The second-order valence-electron chi connectivity index (χ2n) is 12.2. The van der Waals surface area contributed by atoms with Gasteiger partial charge in [-0.05, 0) is 76.0 Å². The zero-order chi connectivity index (χ0) is 29.9. The van der Waals surface area contributed by atoms with Crippen molar-refractivity contribution >= 4 is 65.6 Å². The second kappa shape index (κ2) is 8.68. The van der Waals surface area contributed by atoms with Crippen molar-refractivity contribution in [1.29, 1.82) is 0 Å². The molecule has 4 nitrogen and oxygen atoms in total. The van der Waals surface area contributed by atoms with Crippen LogP contribution in [0.25, 0.3) is 105 Å². The molecule has 7 aromatic carbocycles. The summed E-state index contributed by atoms with van der Waals surface area (Å²) in [6, 6.07) is 49.5. The molecule has 0 aliphatic carbocycles. The minimum Gasteiger partial charge on any atom is -0.456 e. The first-order valence-electron chi connectivity index (χ1n) is 15.6. The lowest BCUT2D eigenvalue weighted by molar-refractivity contribution is 0.669. The summed E-state index contributed by atoms with van der Waals surface area (Å²) in [5.74, 6) is 0.861. The lowest BCUT2D eigenvalue weighted by atomic mass is 9.92. The third kappa shape index (κ3) is 3.12. The van der Waals surface area contributed by atoms with Gasteiger partial charge in [0.2, 0.25) is 0 Å². The fourth-order valence-corrected chi connectivity index (χ4v) is 7.67. The van der Waals surface area contributed by atoms with Gasteiger partial charge in [0, 0.05) is 32.7 Å². The molecule has 0 saturated carbocycles. The van der Waals surface area contributed by atoms with Crippen LogP contribution in [0.3, 0.4) is 0 Å². The number of benzene rings is 7. The molecule has 0 unspecified atom stereocenters. The zero-order valence-corrected chi connectivity index (χ0v) is 24.5. The summed E-state index contributed by atoms with van der Waals surface area (Å²) in [7, 11) is 0. The number of para-hydroxylation sites is 3. The van der Waals surface area contributed by atoms with Crippen molar-refractivity contribution in [2.45, 2.75) is 0 Å². The molecule has 0 N–H and O–H groups in total. The van der Waals surface area contributed by atoms with Crippen LogP contribution in [0, 0.1) is 0 Å². The van der Waals surface area contributed by atoms with Crippen LogP contribution in [0.5, 0.6) is 0 Å². The summed E-state index contributed by atoms with van der Waals surface area (Å²) in [5, 5.41) is 7.12. The van der Waals surface area contributed by atoms with Gasteiger partial charge in [-0.3, -0.25) is 4.57 Å². The van der Waals surface area contributed by atoms with Crippen LogP contribution in [-0.2, 0) is 0 Å². The average Bonchev–Trinajstić information content (AvgIpc) is 3.63. The Labute approximate surface area is 262 Å². The first-order valence-corrected chi connectivity index (χ1v) is 15.6. The van der Waals surface area contributed by atoms with E-state index in [9.17, 15) is 0 Å². The molecule has 10 aromatic rings. The highest BCUT2D eigenvalue weighted by Gasteiger charge is 2.27. The third-order valence-electron chi connectivity index (χ3n) is 9.70. The SMILES string of the molecule is c1ccc2c(c1)-c1nc3ccccc3nc1-n1c3ccccc3c3cc(-c4ccc5c(c4)oc4ccc6ccccc6c45)cc-2c31. The van der Waals surface area contributed by atoms with E-state index < -0.39 is 0 Å². The first kappa shape index (κ1) is 24.1. The van der Waals surface area contributed by atoms with E-state index >= 15 is 0 Å². The van der Waals surface area contributed by atoms with E-state index in [1.165, 1.54) is 32.5 Å². The maximum absolute atomic E-state index is 6.49. The monoisotopic (exact) mass is 585 g/mol. The number of furan rings is 1. The van der Waals surface area contributed by atoms with Gasteiger partial charge < -0.3 is 4.42 Å². The van der Waals surface area contributed by atoms with Crippen molar-refractivity contribution in [1.82, 2.24) is 14.5 Å². The molecule has 0 spiro atoms. The number of nitrogens with zero attached hydrogens (tertiary/aromatic N) is 3. The number of aromatic nitrogens is 3. The van der Waals surface area contributed by atoms with E-state index in [0.29, 0.717) is 0 Å². The molecule has 46 heavy (non-hydrogen) atoms. The summed E-state index contributed by atoms with van der Waals surface area (Å²) < 4.78 is 8.81. The van der Waals surface area contributed by atoms with Crippen molar-refractivity contribution in [3.63, 3.8) is 0 Å². The summed E-state index contributed by atoms with van der Waals surface area (Å²) in [4.78, 5) is 10.5. The molecule has 4 heteroatoms. The standard InChI is InChI=1S/C42H23N3O/c1-2-10-27-24(9-1)18-20-37-39(27)31-19-17-25(23-38(31)46-37)26-21-32-28-11-3-4-13-30(28)40-42(44-35-15-7-6-14-34(35)43-40)45-36-16-8-5-12-29(36)33(22-26)41(32)45/h1-23H. The summed E-state index contributed by atoms with van der Waals surface area (Å²) in [6.07, 6.45) is 0. The fraction of sp³-hybridized carbons (Fsp3) is 0. The van der Waals surface area contributed by atoms with Gasteiger partial charge in [-0.1, -0.05) is 91.0 Å². The molecule has 1 aliphatic rings. The van der Waals surface area contributed by atoms with Crippen molar-refractivity contribution < 1.29 is 4.42 Å². The summed E-state index contributed by atoms with van der Waals surface area (Å²) in [6.45, 7) is 0. The minimum absolute atomic E-state index is 0.861. The van der Waals surface area contributed by atoms with Crippen molar-refractivity contribution in [2.24, 2.45) is 0 Å². The van der Waals surface area contributed by atoms with Gasteiger partial charge >= 0.3 is 0 Å². The highest BCUT2D eigenvalue weighted by molar-refractivity contribution is 6.20. The van der Waals surface area contributed by atoms with Crippen LogP contribution >= 0.6 is 0 Å². The molecular formula is C42H23N3O. The maximum Gasteiger partial charge on any atom is 0.165 e. The quantitative estimate of drug-likeness (QED) is 0.192. The van der Waals surface area contributed by atoms with E-state index in [-0.39, 0.29) is 0 Å². The largest absolute Gasteiger partial charge is 0.456 e. The molecule has 1 aliphatic heterocycles. The van der Waals surface area contributed by atoms with E-state index in [1.54, 1.807) is 0 Å². The minimum atomic E-state index is 0.861. The predicted octanol–water partition coefficient (Wildman–Crippen LogP) is 11.1. The number of rotatable bonds is 1. The molecule has 0 saturated heterocycles. The van der Waals surface area contributed by atoms with Crippen molar-refractivity contribution in [3.8, 4) is 39.3 Å². The van der Waals surface area contributed by atoms with Gasteiger partial charge in [-0.15, -0.1) is 0 Å². The average molecular weight is 586 g/mol. The Morgan fingerprint density at radius 1 is 0.478 bits per heavy atom. The van der Waals surface area contributed by atoms with Crippen LogP contribution in [0.15, 0.2) is 144 Å². The third-order valence-corrected chi connectivity index (χ3v) is 9.70. The molecule has 0 fully saturated rings. The van der Waals surface area contributed by atoms with Crippen LogP contribution in [-0.4, -0.2) is 14.5 Å². The van der Waals surface area contributed by atoms with Gasteiger partial charge in [0.1, 0.15) is 16.9 Å². The first-order chi connectivity index (χ1) is 22.8. The van der Waals surface area contributed by atoms with Crippen LogP contribution in [0.1, 0.15) is 0 Å². The highest BCUT2D eigenvalue weighted by Crippen LogP contribution is 2.48. The highest BCUT2D eigenvalue weighted by atomic mass is 16.3. The molecule has 212 valence electrons. The fourth-order valence-electron chi connectivity index (χ4n) is 7.67. The van der Waals surface area contributed by atoms with Crippen LogP contribution in [0.2, 0.25) is 0 Å². The molecule has 0 amide bonds. The molecular weight excluding hydrogens is 562 g/mol. The molecule has 0 atom stereocenters. The van der Waals surface area contributed by atoms with Crippen LogP contribution in [0.4, 0.5) is 0 Å². The van der Waals surface area contributed by atoms with E-state index in [2.05, 4.69) is 120 Å². The summed E-state index contributed by atoms with van der Waals surface area (Å²) in [5.41, 5.74) is 12.4. The van der Waals surface area contributed by atoms with E-state index in [0.717, 1.165) is 72.4 Å². The van der Waals surface area contributed by atoms with Gasteiger partial charge in [0.15, 0.2) is 5.82 Å². The van der Waals surface area contributed by atoms with Crippen LogP contribution < -0.4 is 0 Å². The van der Waals surface area contributed by atoms with Crippen molar-refractivity contribution in [2.75, 3.05) is 0 Å². The Bertz CT molecular complexity index is 2930. The summed E-state index contributed by atoms with van der Waals surface area (Å²) >= 11 is 0. The Kier molecular flexibility index (Phi) is 4.55. The second-order valence-corrected chi connectivity index (χ2v) is 12.2. The maximum atomic E-state index is 6.49. The van der Waals surface area contributed by atoms with E-state index in [4.69, 9.17) is 14.4 Å². The molecule has 0 radical (unpaired) electrons. The topological polar surface area (TPSA) is 43.9 Å². The molecule has 0 bridgehead atoms. The normalized spacial score (nSPS) is 12.3. The van der Waals surface area contributed by atoms with Gasteiger partial charge in [0.25, 0.3) is 0 Å². The Morgan fingerprint density at radius 2 is 1.24 bits per heavy atom. The molecule has 4 heterocycles. The molecule has 3 aromatic heterocycles. The Morgan fingerprint density at radius 3 is 2.15 bits per heavy atom. The van der Waals surface area contributed by atoms with Gasteiger partial charge in [-0.2, -0.15) is 0 Å². The number of hydrogen-bond acceptors (Lipinski definition) is 3. The lowest BCUT2D eigenvalue weighted by Gasteiger charge is -2.12.